The summed E-state index contributed by atoms with van der Waals surface area (Å²) in [5.74, 6) is 0.828. The van der Waals surface area contributed by atoms with Crippen LogP contribution in [-0.2, 0) is 0 Å². The smallest absolute Gasteiger partial charge is 0.0101 e. The van der Waals surface area contributed by atoms with E-state index in [4.69, 9.17) is 0 Å². The SMILES string of the molecule is CC/C=C(C)/C=C/C1=C(C)C[C@@H](C)CC1(C)C. The van der Waals surface area contributed by atoms with E-state index in [2.05, 4.69) is 59.8 Å². The van der Waals surface area contributed by atoms with E-state index in [-0.39, 0.29) is 0 Å². The highest BCUT2D eigenvalue weighted by Crippen LogP contribution is 2.43. The highest BCUT2D eigenvalue weighted by molar-refractivity contribution is 5.36. The molecule has 0 N–H and O–H groups in total. The van der Waals surface area contributed by atoms with Gasteiger partial charge >= 0.3 is 0 Å². The summed E-state index contributed by atoms with van der Waals surface area (Å²) in [6, 6.07) is 0. The minimum Gasteiger partial charge on any atom is -0.0819 e. The van der Waals surface area contributed by atoms with Gasteiger partial charge in [-0.1, -0.05) is 57.1 Å². The second-order valence-electron chi connectivity index (χ2n) is 6.28. The fraction of sp³-hybridized carbons (Fsp3) is 0.647. The van der Waals surface area contributed by atoms with Gasteiger partial charge in [0.25, 0.3) is 0 Å². The normalized spacial score (nSPS) is 25.8. The van der Waals surface area contributed by atoms with Gasteiger partial charge in [-0.05, 0) is 50.0 Å². The van der Waals surface area contributed by atoms with Crippen LogP contribution in [0.5, 0.6) is 0 Å². The summed E-state index contributed by atoms with van der Waals surface area (Å²) in [7, 11) is 0. The Kier molecular flexibility index (Phi) is 4.80. The van der Waals surface area contributed by atoms with Crippen LogP contribution >= 0.6 is 0 Å². The maximum Gasteiger partial charge on any atom is -0.0101 e. The minimum absolute atomic E-state index is 0.338. The molecule has 0 nitrogen and oxygen atoms in total. The average molecular weight is 232 g/mol. The first kappa shape index (κ1) is 14.3. The Bertz CT molecular complexity index is 350. The lowest BCUT2D eigenvalue weighted by atomic mass is 9.69. The molecule has 0 aromatic rings. The van der Waals surface area contributed by atoms with E-state index in [1.807, 2.05) is 0 Å². The summed E-state index contributed by atoms with van der Waals surface area (Å²) < 4.78 is 0. The third-order valence-electron chi connectivity index (χ3n) is 3.74. The summed E-state index contributed by atoms with van der Waals surface area (Å²) in [5, 5.41) is 0. The molecule has 1 aliphatic carbocycles. The van der Waals surface area contributed by atoms with Crippen LogP contribution in [0.2, 0.25) is 0 Å². The fourth-order valence-corrected chi connectivity index (χ4v) is 3.24. The topological polar surface area (TPSA) is 0 Å². The monoisotopic (exact) mass is 232 g/mol. The van der Waals surface area contributed by atoms with Crippen molar-refractivity contribution in [1.29, 1.82) is 0 Å². The fourth-order valence-electron chi connectivity index (χ4n) is 3.24. The molecule has 1 rings (SSSR count). The standard InChI is InChI=1S/C17H28/c1-7-8-13(2)9-10-16-15(4)11-14(3)12-17(16,5)6/h8-10,14H,7,11-12H2,1-6H3/b10-9+,13-8+/t14-/m1/s1. The Morgan fingerprint density at radius 3 is 2.59 bits per heavy atom. The first-order chi connectivity index (χ1) is 7.86. The second kappa shape index (κ2) is 5.71. The maximum absolute atomic E-state index is 2.38. The van der Waals surface area contributed by atoms with Crippen LogP contribution in [0.3, 0.4) is 0 Å². The van der Waals surface area contributed by atoms with Crippen molar-refractivity contribution in [3.8, 4) is 0 Å². The van der Waals surface area contributed by atoms with Crippen molar-refractivity contribution < 1.29 is 0 Å². The number of allylic oxidation sites excluding steroid dienone is 6. The highest BCUT2D eigenvalue weighted by Gasteiger charge is 2.30. The van der Waals surface area contributed by atoms with Crippen LogP contribution in [0.4, 0.5) is 0 Å². The molecule has 0 saturated carbocycles. The Morgan fingerprint density at radius 1 is 1.41 bits per heavy atom. The van der Waals surface area contributed by atoms with Crippen molar-refractivity contribution in [1.82, 2.24) is 0 Å². The van der Waals surface area contributed by atoms with E-state index >= 15 is 0 Å². The molecule has 0 heterocycles. The summed E-state index contributed by atoms with van der Waals surface area (Å²) in [6.07, 6.45) is 10.6. The quantitative estimate of drug-likeness (QED) is 0.550. The molecule has 0 saturated heterocycles. The summed E-state index contributed by atoms with van der Waals surface area (Å²) in [4.78, 5) is 0. The lowest BCUT2D eigenvalue weighted by molar-refractivity contribution is 0.307. The first-order valence-electron chi connectivity index (χ1n) is 6.92. The Hall–Kier alpha value is -0.780. The third-order valence-corrected chi connectivity index (χ3v) is 3.74. The van der Waals surface area contributed by atoms with Gasteiger partial charge in [-0.3, -0.25) is 0 Å². The molecule has 0 aromatic heterocycles. The van der Waals surface area contributed by atoms with Crippen molar-refractivity contribution >= 4 is 0 Å². The molecule has 0 bridgehead atoms. The maximum atomic E-state index is 2.38. The van der Waals surface area contributed by atoms with Crippen LogP contribution in [0.1, 0.15) is 60.8 Å². The Balaban J connectivity index is 2.95. The number of hydrogen-bond donors (Lipinski definition) is 0. The van der Waals surface area contributed by atoms with Gasteiger partial charge in [-0.2, -0.15) is 0 Å². The largest absolute Gasteiger partial charge is 0.0819 e. The molecular formula is C17H28. The molecule has 0 radical (unpaired) electrons. The predicted octanol–water partition coefficient (Wildman–Crippen LogP) is 5.67. The highest BCUT2D eigenvalue weighted by atomic mass is 14.3. The Morgan fingerprint density at radius 2 is 2.06 bits per heavy atom. The molecule has 1 aliphatic rings. The molecular weight excluding hydrogens is 204 g/mol. The van der Waals surface area contributed by atoms with Gasteiger partial charge in [0, 0.05) is 0 Å². The van der Waals surface area contributed by atoms with E-state index < -0.39 is 0 Å². The van der Waals surface area contributed by atoms with Crippen molar-refractivity contribution in [2.45, 2.75) is 60.8 Å². The molecule has 96 valence electrons. The van der Waals surface area contributed by atoms with E-state index in [9.17, 15) is 0 Å². The van der Waals surface area contributed by atoms with Crippen LogP contribution in [0.25, 0.3) is 0 Å². The summed E-state index contributed by atoms with van der Waals surface area (Å²) in [5.41, 5.74) is 4.85. The molecule has 0 fully saturated rings. The zero-order chi connectivity index (χ0) is 13.1. The first-order valence-corrected chi connectivity index (χ1v) is 6.92. The van der Waals surface area contributed by atoms with Gasteiger partial charge in [-0.25, -0.2) is 0 Å². The van der Waals surface area contributed by atoms with E-state index in [0.717, 1.165) is 12.3 Å². The number of hydrogen-bond acceptors (Lipinski definition) is 0. The lowest BCUT2D eigenvalue weighted by Gasteiger charge is -2.36. The van der Waals surface area contributed by atoms with Crippen LogP contribution in [0, 0.1) is 11.3 Å². The molecule has 0 unspecified atom stereocenters. The van der Waals surface area contributed by atoms with Crippen molar-refractivity contribution in [2.24, 2.45) is 11.3 Å². The zero-order valence-corrected chi connectivity index (χ0v) is 12.4. The van der Waals surface area contributed by atoms with Crippen molar-refractivity contribution in [3.63, 3.8) is 0 Å². The van der Waals surface area contributed by atoms with Gasteiger partial charge in [0.15, 0.2) is 0 Å². The molecule has 0 aliphatic heterocycles. The molecule has 17 heavy (non-hydrogen) atoms. The van der Waals surface area contributed by atoms with E-state index in [1.165, 1.54) is 18.4 Å². The van der Waals surface area contributed by atoms with Crippen LogP contribution in [-0.4, -0.2) is 0 Å². The molecule has 0 amide bonds. The molecule has 0 aromatic carbocycles. The second-order valence-corrected chi connectivity index (χ2v) is 6.28. The minimum atomic E-state index is 0.338. The van der Waals surface area contributed by atoms with Crippen molar-refractivity contribution in [2.75, 3.05) is 0 Å². The molecule has 1 atom stereocenters. The summed E-state index contributed by atoms with van der Waals surface area (Å²) >= 11 is 0. The van der Waals surface area contributed by atoms with E-state index in [1.54, 1.807) is 11.1 Å². The summed E-state index contributed by atoms with van der Waals surface area (Å²) in [6.45, 7) is 13.8. The van der Waals surface area contributed by atoms with Crippen LogP contribution in [0.15, 0.2) is 34.9 Å². The van der Waals surface area contributed by atoms with Gasteiger partial charge in [0.1, 0.15) is 0 Å². The lowest BCUT2D eigenvalue weighted by Crippen LogP contribution is -2.23. The predicted molar refractivity (Wildman–Crippen MR) is 78.1 cm³/mol. The molecule has 0 spiro atoms. The average Bonchev–Trinajstić information content (AvgIpc) is 2.14. The van der Waals surface area contributed by atoms with Crippen molar-refractivity contribution in [3.05, 3.63) is 34.9 Å². The number of rotatable bonds is 3. The Labute approximate surface area is 108 Å². The zero-order valence-electron chi connectivity index (χ0n) is 12.4. The van der Waals surface area contributed by atoms with Gasteiger partial charge in [-0.15, -0.1) is 0 Å². The van der Waals surface area contributed by atoms with E-state index in [0.29, 0.717) is 5.41 Å². The van der Waals surface area contributed by atoms with Crippen LogP contribution < -0.4 is 0 Å². The third kappa shape index (κ3) is 3.87. The van der Waals surface area contributed by atoms with Gasteiger partial charge in [0.2, 0.25) is 0 Å². The molecule has 0 heteroatoms. The van der Waals surface area contributed by atoms with Gasteiger partial charge in [0.05, 0.1) is 0 Å². The van der Waals surface area contributed by atoms with Gasteiger partial charge < -0.3 is 0 Å².